The molecule has 122 valence electrons. The van der Waals surface area contributed by atoms with Gasteiger partial charge in [-0.05, 0) is 38.7 Å². The second-order valence-electron chi connectivity index (χ2n) is 6.29. The number of hydrogen-bond donors (Lipinski definition) is 1. The van der Waals surface area contributed by atoms with Gasteiger partial charge in [-0.1, -0.05) is 6.92 Å². The third-order valence-corrected chi connectivity index (χ3v) is 4.45. The lowest BCUT2D eigenvalue weighted by molar-refractivity contribution is -0.143. The first-order valence-electron chi connectivity index (χ1n) is 7.82. The molecule has 0 radical (unpaired) electrons. The SMILES string of the molecule is Cc1nn(C)c(C)c1CCC(=O)N(C[C@H](C)C(=O)O)C1CC1. The normalized spacial score (nSPS) is 15.6. The zero-order chi connectivity index (χ0) is 16.4. The molecule has 1 aliphatic rings. The van der Waals surface area contributed by atoms with Crippen LogP contribution in [0.1, 0.15) is 43.1 Å². The lowest BCUT2D eigenvalue weighted by Crippen LogP contribution is -2.38. The zero-order valence-corrected chi connectivity index (χ0v) is 13.8. The molecule has 22 heavy (non-hydrogen) atoms. The highest BCUT2D eigenvalue weighted by molar-refractivity contribution is 5.78. The minimum absolute atomic E-state index is 0.0539. The number of hydrogen-bond acceptors (Lipinski definition) is 3. The molecule has 0 spiro atoms. The summed E-state index contributed by atoms with van der Waals surface area (Å²) in [5.41, 5.74) is 3.17. The zero-order valence-electron chi connectivity index (χ0n) is 13.8. The fraction of sp³-hybridized carbons (Fsp3) is 0.688. The van der Waals surface area contributed by atoms with Crippen molar-refractivity contribution in [1.82, 2.24) is 14.7 Å². The van der Waals surface area contributed by atoms with Crippen LogP contribution < -0.4 is 0 Å². The van der Waals surface area contributed by atoms with Gasteiger partial charge in [0.2, 0.25) is 5.91 Å². The standard InChI is InChI=1S/C16H25N3O3/c1-10(16(21)22)9-19(13-5-6-13)15(20)8-7-14-11(2)17-18(4)12(14)3/h10,13H,5-9H2,1-4H3,(H,21,22)/t10-/m0/s1. The van der Waals surface area contributed by atoms with Gasteiger partial charge in [-0.2, -0.15) is 5.10 Å². The molecule has 1 N–H and O–H groups in total. The van der Waals surface area contributed by atoms with Gasteiger partial charge in [0.25, 0.3) is 0 Å². The molecule has 1 saturated carbocycles. The third kappa shape index (κ3) is 3.67. The number of aliphatic carboxylic acids is 1. The summed E-state index contributed by atoms with van der Waals surface area (Å²) in [6.45, 7) is 5.92. The van der Waals surface area contributed by atoms with Gasteiger partial charge in [0.05, 0.1) is 11.6 Å². The lowest BCUT2D eigenvalue weighted by Gasteiger charge is -2.24. The fourth-order valence-corrected chi connectivity index (χ4v) is 2.77. The van der Waals surface area contributed by atoms with Crippen molar-refractivity contribution in [2.45, 2.75) is 52.5 Å². The molecule has 2 rings (SSSR count). The predicted molar refractivity (Wildman–Crippen MR) is 82.5 cm³/mol. The number of aromatic nitrogens is 2. The van der Waals surface area contributed by atoms with Crippen LogP contribution in [-0.2, 0) is 23.1 Å². The van der Waals surface area contributed by atoms with Gasteiger partial charge in [-0.15, -0.1) is 0 Å². The summed E-state index contributed by atoms with van der Waals surface area (Å²) in [5, 5.41) is 13.4. The van der Waals surface area contributed by atoms with Crippen molar-refractivity contribution < 1.29 is 14.7 Å². The van der Waals surface area contributed by atoms with E-state index in [1.165, 1.54) is 0 Å². The maximum Gasteiger partial charge on any atom is 0.308 e. The third-order valence-electron chi connectivity index (χ3n) is 4.45. The number of amides is 1. The Labute approximate surface area is 131 Å². The van der Waals surface area contributed by atoms with E-state index in [4.69, 9.17) is 5.11 Å². The molecule has 1 aromatic heterocycles. The summed E-state index contributed by atoms with van der Waals surface area (Å²) >= 11 is 0. The molecule has 1 fully saturated rings. The van der Waals surface area contributed by atoms with E-state index in [1.54, 1.807) is 11.8 Å². The molecule has 1 atom stereocenters. The van der Waals surface area contributed by atoms with Crippen LogP contribution in [0.25, 0.3) is 0 Å². The first-order chi connectivity index (χ1) is 10.3. The number of carbonyl (C=O) groups is 2. The second-order valence-corrected chi connectivity index (χ2v) is 6.29. The van der Waals surface area contributed by atoms with Crippen molar-refractivity contribution in [1.29, 1.82) is 0 Å². The smallest absolute Gasteiger partial charge is 0.308 e. The van der Waals surface area contributed by atoms with E-state index in [2.05, 4.69) is 5.10 Å². The van der Waals surface area contributed by atoms with Gasteiger partial charge in [0.1, 0.15) is 0 Å². The van der Waals surface area contributed by atoms with Crippen LogP contribution in [0.4, 0.5) is 0 Å². The van der Waals surface area contributed by atoms with Crippen LogP contribution >= 0.6 is 0 Å². The molecule has 0 aliphatic heterocycles. The summed E-state index contributed by atoms with van der Waals surface area (Å²) in [6.07, 6.45) is 3.05. The van der Waals surface area contributed by atoms with Gasteiger partial charge in [0.15, 0.2) is 0 Å². The molecule has 6 nitrogen and oxygen atoms in total. The van der Waals surface area contributed by atoms with Crippen molar-refractivity contribution in [2.75, 3.05) is 6.54 Å². The van der Waals surface area contributed by atoms with Crippen molar-refractivity contribution in [3.8, 4) is 0 Å². The Hall–Kier alpha value is -1.85. The summed E-state index contributed by atoms with van der Waals surface area (Å²) in [4.78, 5) is 25.3. The summed E-state index contributed by atoms with van der Waals surface area (Å²) < 4.78 is 1.83. The summed E-state index contributed by atoms with van der Waals surface area (Å²) in [5.74, 6) is -1.32. The van der Waals surface area contributed by atoms with E-state index in [-0.39, 0.29) is 11.9 Å². The van der Waals surface area contributed by atoms with Crippen molar-refractivity contribution in [3.63, 3.8) is 0 Å². The average molecular weight is 307 g/mol. The molecular weight excluding hydrogens is 282 g/mol. The Balaban J connectivity index is 1.98. The number of carboxylic acids is 1. The van der Waals surface area contributed by atoms with E-state index in [9.17, 15) is 9.59 Å². The largest absolute Gasteiger partial charge is 0.481 e. The maximum absolute atomic E-state index is 12.5. The molecule has 0 unspecified atom stereocenters. The molecule has 1 amide bonds. The molecule has 0 bridgehead atoms. The van der Waals surface area contributed by atoms with Crippen LogP contribution in [0, 0.1) is 19.8 Å². The number of aryl methyl sites for hydroxylation is 2. The van der Waals surface area contributed by atoms with Gasteiger partial charge in [0, 0.05) is 31.7 Å². The lowest BCUT2D eigenvalue weighted by atomic mass is 10.1. The average Bonchev–Trinajstić information content (AvgIpc) is 3.24. The van der Waals surface area contributed by atoms with Crippen molar-refractivity contribution in [3.05, 3.63) is 17.0 Å². The Morgan fingerprint density at radius 1 is 1.41 bits per heavy atom. The summed E-state index contributed by atoms with van der Waals surface area (Å²) in [7, 11) is 1.90. The molecule has 0 aromatic carbocycles. The van der Waals surface area contributed by atoms with E-state index < -0.39 is 11.9 Å². The van der Waals surface area contributed by atoms with Crippen LogP contribution in [0.3, 0.4) is 0 Å². The second kappa shape index (κ2) is 6.50. The van der Waals surface area contributed by atoms with E-state index >= 15 is 0 Å². The fourth-order valence-electron chi connectivity index (χ4n) is 2.77. The van der Waals surface area contributed by atoms with Crippen LogP contribution in [-0.4, -0.2) is 44.3 Å². The predicted octanol–water partition coefficient (Wildman–Crippen LogP) is 1.68. The van der Waals surface area contributed by atoms with Crippen LogP contribution in [0.5, 0.6) is 0 Å². The number of carbonyl (C=O) groups excluding carboxylic acids is 1. The van der Waals surface area contributed by atoms with Crippen molar-refractivity contribution in [2.24, 2.45) is 13.0 Å². The molecule has 1 heterocycles. The number of carboxylic acid groups (broad SMARTS) is 1. The Morgan fingerprint density at radius 2 is 2.05 bits per heavy atom. The number of nitrogens with zero attached hydrogens (tertiary/aromatic N) is 3. The molecule has 1 aliphatic carbocycles. The van der Waals surface area contributed by atoms with E-state index in [0.29, 0.717) is 19.4 Å². The highest BCUT2D eigenvalue weighted by Gasteiger charge is 2.34. The van der Waals surface area contributed by atoms with Gasteiger partial charge >= 0.3 is 5.97 Å². The van der Waals surface area contributed by atoms with Gasteiger partial charge < -0.3 is 10.0 Å². The molecular formula is C16H25N3O3. The molecule has 1 aromatic rings. The first-order valence-corrected chi connectivity index (χ1v) is 7.82. The minimum atomic E-state index is -0.850. The Morgan fingerprint density at radius 3 is 2.50 bits per heavy atom. The highest BCUT2D eigenvalue weighted by Crippen LogP contribution is 2.28. The molecule has 0 saturated heterocycles. The highest BCUT2D eigenvalue weighted by atomic mass is 16.4. The van der Waals surface area contributed by atoms with E-state index in [0.717, 1.165) is 29.8 Å². The van der Waals surface area contributed by atoms with Crippen molar-refractivity contribution >= 4 is 11.9 Å². The summed E-state index contributed by atoms with van der Waals surface area (Å²) in [6, 6.07) is 0.241. The minimum Gasteiger partial charge on any atom is -0.481 e. The van der Waals surface area contributed by atoms with Crippen LogP contribution in [0.2, 0.25) is 0 Å². The maximum atomic E-state index is 12.5. The Bertz CT molecular complexity index is 575. The monoisotopic (exact) mass is 307 g/mol. The topological polar surface area (TPSA) is 75.4 Å². The van der Waals surface area contributed by atoms with Crippen LogP contribution in [0.15, 0.2) is 0 Å². The van der Waals surface area contributed by atoms with Gasteiger partial charge in [-0.3, -0.25) is 14.3 Å². The van der Waals surface area contributed by atoms with E-state index in [1.807, 2.05) is 25.6 Å². The number of rotatable bonds is 7. The Kier molecular flexibility index (Phi) is 4.88. The van der Waals surface area contributed by atoms with Gasteiger partial charge in [-0.25, -0.2) is 0 Å². The first kappa shape index (κ1) is 16.5. The quantitative estimate of drug-likeness (QED) is 0.831. The molecule has 6 heteroatoms.